The Hall–Kier alpha value is -1.75. The second-order valence-electron chi connectivity index (χ2n) is 5.95. The Bertz CT molecular complexity index is 507. The third-order valence-electron chi connectivity index (χ3n) is 2.98. The molecule has 1 aliphatic rings. The summed E-state index contributed by atoms with van der Waals surface area (Å²) in [5.74, 6) is 1.07. The molecule has 116 valence electrons. The van der Waals surface area contributed by atoms with Crippen molar-refractivity contribution < 1.29 is 19.0 Å². The second kappa shape index (κ2) is 6.35. The van der Waals surface area contributed by atoms with Crippen molar-refractivity contribution in [1.29, 1.82) is 0 Å². The van der Waals surface area contributed by atoms with Crippen LogP contribution in [-0.2, 0) is 9.53 Å². The third-order valence-corrected chi connectivity index (χ3v) is 2.98. The van der Waals surface area contributed by atoms with Crippen molar-refractivity contribution >= 4 is 11.6 Å². The fraction of sp³-hybridized carbons (Fsp3) is 0.562. The molecule has 0 bridgehead atoms. The van der Waals surface area contributed by atoms with Gasteiger partial charge in [0.15, 0.2) is 11.5 Å². The Kier molecular flexibility index (Phi) is 4.73. The molecule has 1 aromatic rings. The van der Waals surface area contributed by atoms with Crippen molar-refractivity contribution in [2.75, 3.05) is 18.5 Å². The number of anilines is 1. The summed E-state index contributed by atoms with van der Waals surface area (Å²) in [5.41, 5.74) is 0.251. The Morgan fingerprint density at radius 3 is 2.71 bits per heavy atom. The topological polar surface area (TPSA) is 56.8 Å². The van der Waals surface area contributed by atoms with E-state index in [9.17, 15) is 4.79 Å². The molecule has 1 unspecified atom stereocenters. The van der Waals surface area contributed by atoms with Crippen LogP contribution < -0.4 is 14.8 Å². The first-order valence-electron chi connectivity index (χ1n) is 7.28. The highest BCUT2D eigenvalue weighted by atomic mass is 16.6. The number of amides is 1. The van der Waals surface area contributed by atoms with E-state index in [0.29, 0.717) is 36.8 Å². The summed E-state index contributed by atoms with van der Waals surface area (Å²) < 4.78 is 16.9. The number of para-hydroxylation sites is 1. The molecule has 0 radical (unpaired) electrons. The van der Waals surface area contributed by atoms with Crippen LogP contribution in [0, 0.1) is 0 Å². The fourth-order valence-corrected chi connectivity index (χ4v) is 2.13. The Labute approximate surface area is 125 Å². The lowest BCUT2D eigenvalue weighted by atomic mass is 10.1. The number of hydrogen-bond acceptors (Lipinski definition) is 4. The van der Waals surface area contributed by atoms with Gasteiger partial charge in [-0.2, -0.15) is 0 Å². The van der Waals surface area contributed by atoms with Crippen LogP contribution in [0.15, 0.2) is 18.2 Å². The zero-order valence-corrected chi connectivity index (χ0v) is 13.1. The monoisotopic (exact) mass is 293 g/mol. The van der Waals surface area contributed by atoms with Gasteiger partial charge in [0.1, 0.15) is 19.3 Å². The van der Waals surface area contributed by atoms with Crippen molar-refractivity contribution in [1.82, 2.24) is 0 Å². The van der Waals surface area contributed by atoms with Crippen LogP contribution in [-0.4, -0.2) is 30.8 Å². The van der Waals surface area contributed by atoms with E-state index in [2.05, 4.69) is 5.32 Å². The average molecular weight is 293 g/mol. The van der Waals surface area contributed by atoms with E-state index in [1.807, 2.05) is 39.8 Å². The number of nitrogens with one attached hydrogen (secondary N) is 1. The van der Waals surface area contributed by atoms with Crippen LogP contribution in [0.4, 0.5) is 5.69 Å². The molecule has 0 aromatic heterocycles. The Morgan fingerprint density at radius 1 is 1.33 bits per heavy atom. The summed E-state index contributed by atoms with van der Waals surface area (Å²) in [6.07, 6.45) is 0.112. The Morgan fingerprint density at radius 2 is 2.05 bits per heavy atom. The maximum atomic E-state index is 12.4. The van der Waals surface area contributed by atoms with Gasteiger partial charge < -0.3 is 19.5 Å². The minimum atomic E-state index is -0.495. The molecule has 1 atom stereocenters. The average Bonchev–Trinajstić information content (AvgIpc) is 2.44. The number of carbonyl (C=O) groups excluding carboxylic acids is 1. The summed E-state index contributed by atoms with van der Waals surface area (Å²) in [4.78, 5) is 12.4. The molecule has 5 heteroatoms. The molecule has 21 heavy (non-hydrogen) atoms. The largest absolute Gasteiger partial charge is 0.486 e. The highest BCUT2D eigenvalue weighted by molar-refractivity contribution is 5.96. The summed E-state index contributed by atoms with van der Waals surface area (Å²) in [6.45, 7) is 8.74. The predicted molar refractivity (Wildman–Crippen MR) is 81.0 cm³/mol. The smallest absolute Gasteiger partial charge is 0.253 e. The third kappa shape index (κ3) is 4.11. The van der Waals surface area contributed by atoms with Gasteiger partial charge in [-0.3, -0.25) is 4.79 Å². The molecule has 1 heterocycles. The van der Waals surface area contributed by atoms with Crippen LogP contribution in [0.2, 0.25) is 0 Å². The van der Waals surface area contributed by atoms with E-state index in [0.717, 1.165) is 0 Å². The lowest BCUT2D eigenvalue weighted by Gasteiger charge is -2.27. The minimum absolute atomic E-state index is 0.171. The number of fused-ring (bicyclic) bond motifs is 1. The van der Waals surface area contributed by atoms with Crippen molar-refractivity contribution in [3.63, 3.8) is 0 Å². The van der Waals surface area contributed by atoms with Gasteiger partial charge in [-0.05, 0) is 39.3 Å². The molecule has 0 saturated carbocycles. The highest BCUT2D eigenvalue weighted by Gasteiger charge is 2.25. The van der Waals surface area contributed by atoms with Gasteiger partial charge in [-0.15, -0.1) is 0 Å². The standard InChI is InChI=1S/C16H23NO4/c1-5-12(21-16(2,3)4)15(18)17-11-7-6-8-13-14(11)20-10-9-19-13/h6-8,12H,5,9-10H2,1-4H3,(H,17,18). The predicted octanol–water partition coefficient (Wildman–Crippen LogP) is 2.99. The maximum Gasteiger partial charge on any atom is 0.253 e. The van der Waals surface area contributed by atoms with E-state index < -0.39 is 6.10 Å². The number of rotatable bonds is 4. The van der Waals surface area contributed by atoms with Crippen LogP contribution in [0.25, 0.3) is 0 Å². The lowest BCUT2D eigenvalue weighted by Crippen LogP contribution is -2.36. The van der Waals surface area contributed by atoms with Gasteiger partial charge in [-0.1, -0.05) is 13.0 Å². The zero-order valence-electron chi connectivity index (χ0n) is 13.1. The summed E-state index contributed by atoms with van der Waals surface area (Å²) in [6, 6.07) is 5.46. The first kappa shape index (κ1) is 15.6. The highest BCUT2D eigenvalue weighted by Crippen LogP contribution is 2.37. The van der Waals surface area contributed by atoms with E-state index in [4.69, 9.17) is 14.2 Å². The van der Waals surface area contributed by atoms with Crippen molar-refractivity contribution in [3.05, 3.63) is 18.2 Å². The molecule has 0 fully saturated rings. The molecule has 0 aliphatic carbocycles. The molecular weight excluding hydrogens is 270 g/mol. The van der Waals surface area contributed by atoms with Crippen molar-refractivity contribution in [3.8, 4) is 11.5 Å². The maximum absolute atomic E-state index is 12.4. The molecule has 0 saturated heterocycles. The van der Waals surface area contributed by atoms with Gasteiger partial charge in [0.25, 0.3) is 5.91 Å². The van der Waals surface area contributed by atoms with Gasteiger partial charge >= 0.3 is 0 Å². The number of ether oxygens (including phenoxy) is 3. The molecular formula is C16H23NO4. The minimum Gasteiger partial charge on any atom is -0.486 e. The molecule has 1 amide bonds. The van der Waals surface area contributed by atoms with Crippen molar-refractivity contribution in [2.45, 2.75) is 45.8 Å². The second-order valence-corrected chi connectivity index (χ2v) is 5.95. The quantitative estimate of drug-likeness (QED) is 0.927. The van der Waals surface area contributed by atoms with E-state index in [-0.39, 0.29) is 11.5 Å². The Balaban J connectivity index is 2.12. The van der Waals surface area contributed by atoms with E-state index in [1.54, 1.807) is 6.07 Å². The summed E-state index contributed by atoms with van der Waals surface area (Å²) in [5, 5.41) is 2.87. The van der Waals surface area contributed by atoms with Crippen LogP contribution in [0.3, 0.4) is 0 Å². The van der Waals surface area contributed by atoms with Gasteiger partial charge in [0.05, 0.1) is 11.3 Å². The zero-order chi connectivity index (χ0) is 15.5. The number of benzene rings is 1. The first-order valence-corrected chi connectivity index (χ1v) is 7.28. The molecule has 0 spiro atoms. The normalized spacial score (nSPS) is 15.4. The number of carbonyl (C=O) groups is 1. The lowest BCUT2D eigenvalue weighted by molar-refractivity contribution is -0.137. The molecule has 1 aliphatic heterocycles. The fourth-order valence-electron chi connectivity index (χ4n) is 2.13. The molecule has 5 nitrogen and oxygen atoms in total. The first-order chi connectivity index (χ1) is 9.90. The van der Waals surface area contributed by atoms with E-state index in [1.165, 1.54) is 0 Å². The molecule has 1 N–H and O–H groups in total. The molecule has 1 aromatic carbocycles. The van der Waals surface area contributed by atoms with Gasteiger partial charge in [-0.25, -0.2) is 0 Å². The number of hydrogen-bond donors (Lipinski definition) is 1. The van der Waals surface area contributed by atoms with Gasteiger partial charge in [0.2, 0.25) is 0 Å². The SMILES string of the molecule is CCC(OC(C)(C)C)C(=O)Nc1cccc2c1OCCO2. The van der Waals surface area contributed by atoms with Crippen LogP contribution >= 0.6 is 0 Å². The van der Waals surface area contributed by atoms with Crippen LogP contribution in [0.1, 0.15) is 34.1 Å². The van der Waals surface area contributed by atoms with Crippen molar-refractivity contribution in [2.24, 2.45) is 0 Å². The summed E-state index contributed by atoms with van der Waals surface area (Å²) >= 11 is 0. The molecule has 2 rings (SSSR count). The summed E-state index contributed by atoms with van der Waals surface area (Å²) in [7, 11) is 0. The van der Waals surface area contributed by atoms with E-state index >= 15 is 0 Å². The van der Waals surface area contributed by atoms with Crippen LogP contribution in [0.5, 0.6) is 11.5 Å². The van der Waals surface area contributed by atoms with Gasteiger partial charge in [0, 0.05) is 0 Å².